The lowest BCUT2D eigenvalue weighted by molar-refractivity contribution is -0.118. The highest BCUT2D eigenvalue weighted by molar-refractivity contribution is 7.99. The number of rotatable bonds is 7. The van der Waals surface area contributed by atoms with Crippen molar-refractivity contribution in [2.45, 2.75) is 11.8 Å². The summed E-state index contributed by atoms with van der Waals surface area (Å²) in [6.45, 7) is 0.151. The molecule has 25 heavy (non-hydrogen) atoms. The SMILES string of the molecule is COC(=O)c1ccc(CNC(=O)CSc2nnc(-c3ccco3)o2)o1. The molecule has 3 rings (SSSR count). The van der Waals surface area contributed by atoms with Crippen molar-refractivity contribution in [2.75, 3.05) is 12.9 Å². The highest BCUT2D eigenvalue weighted by atomic mass is 32.2. The molecule has 0 fully saturated rings. The Bertz CT molecular complexity index is 854. The van der Waals surface area contributed by atoms with Crippen LogP contribution in [0.5, 0.6) is 0 Å². The molecule has 0 saturated heterocycles. The Hall–Kier alpha value is -3.01. The molecule has 0 saturated carbocycles. The zero-order valence-electron chi connectivity index (χ0n) is 13.1. The average molecular weight is 363 g/mol. The highest BCUT2D eigenvalue weighted by Gasteiger charge is 2.14. The molecule has 0 radical (unpaired) electrons. The van der Waals surface area contributed by atoms with E-state index < -0.39 is 5.97 Å². The summed E-state index contributed by atoms with van der Waals surface area (Å²) in [6, 6.07) is 6.48. The van der Waals surface area contributed by atoms with Gasteiger partial charge >= 0.3 is 5.97 Å². The number of methoxy groups -OCH3 is 1. The Balaban J connectivity index is 1.45. The van der Waals surface area contributed by atoms with Gasteiger partial charge in [-0.05, 0) is 24.3 Å². The van der Waals surface area contributed by atoms with Crippen LogP contribution in [0.25, 0.3) is 11.7 Å². The van der Waals surface area contributed by atoms with Gasteiger partial charge in [-0.3, -0.25) is 4.79 Å². The molecule has 0 atom stereocenters. The predicted octanol–water partition coefficient (Wildman–Crippen LogP) is 2.12. The highest BCUT2D eigenvalue weighted by Crippen LogP contribution is 2.23. The standard InChI is InChI=1S/C15H13N3O6S/c1-21-14(20)11-5-4-9(23-11)7-16-12(19)8-25-15-18-17-13(24-15)10-3-2-6-22-10/h2-6H,7-8H2,1H3,(H,16,19). The summed E-state index contributed by atoms with van der Waals surface area (Å²) in [5, 5.41) is 10.6. The predicted molar refractivity (Wildman–Crippen MR) is 84.6 cm³/mol. The fourth-order valence-electron chi connectivity index (χ4n) is 1.82. The van der Waals surface area contributed by atoms with Crippen LogP contribution in [0.2, 0.25) is 0 Å². The maximum Gasteiger partial charge on any atom is 0.373 e. The summed E-state index contributed by atoms with van der Waals surface area (Å²) in [6.07, 6.45) is 1.50. The minimum Gasteiger partial charge on any atom is -0.463 e. The van der Waals surface area contributed by atoms with Gasteiger partial charge in [-0.1, -0.05) is 11.8 Å². The quantitative estimate of drug-likeness (QED) is 0.497. The Morgan fingerprint density at radius 1 is 1.24 bits per heavy atom. The number of thioether (sulfide) groups is 1. The minimum absolute atomic E-state index is 0.0810. The van der Waals surface area contributed by atoms with Gasteiger partial charge in [0.15, 0.2) is 5.76 Å². The van der Waals surface area contributed by atoms with E-state index in [4.69, 9.17) is 13.3 Å². The van der Waals surface area contributed by atoms with E-state index in [2.05, 4.69) is 20.3 Å². The third kappa shape index (κ3) is 4.29. The average Bonchev–Trinajstić information content (AvgIpc) is 3.38. The molecule has 0 aliphatic heterocycles. The van der Waals surface area contributed by atoms with Crippen LogP contribution in [0.3, 0.4) is 0 Å². The van der Waals surface area contributed by atoms with Crippen LogP contribution >= 0.6 is 11.8 Å². The number of amides is 1. The molecule has 3 heterocycles. The molecule has 0 spiro atoms. The summed E-state index contributed by atoms with van der Waals surface area (Å²) in [7, 11) is 1.26. The van der Waals surface area contributed by atoms with Crippen molar-refractivity contribution < 1.29 is 27.6 Å². The van der Waals surface area contributed by atoms with Crippen molar-refractivity contribution in [3.63, 3.8) is 0 Å². The number of hydrogen-bond acceptors (Lipinski definition) is 9. The van der Waals surface area contributed by atoms with E-state index in [0.717, 1.165) is 11.8 Å². The Morgan fingerprint density at radius 2 is 2.12 bits per heavy atom. The first-order valence-electron chi connectivity index (χ1n) is 7.09. The fraction of sp³-hybridized carbons (Fsp3) is 0.200. The van der Waals surface area contributed by atoms with Gasteiger partial charge in [0, 0.05) is 0 Å². The van der Waals surface area contributed by atoms with Crippen molar-refractivity contribution in [3.05, 3.63) is 42.0 Å². The number of furan rings is 2. The van der Waals surface area contributed by atoms with Crippen molar-refractivity contribution in [2.24, 2.45) is 0 Å². The lowest BCUT2D eigenvalue weighted by Gasteiger charge is -2.01. The number of ether oxygens (including phenoxy) is 1. The summed E-state index contributed by atoms with van der Waals surface area (Å²) >= 11 is 1.10. The van der Waals surface area contributed by atoms with E-state index in [1.807, 2.05) is 0 Å². The van der Waals surface area contributed by atoms with Crippen LogP contribution in [0.15, 0.2) is 49.0 Å². The number of hydrogen-bond donors (Lipinski definition) is 1. The van der Waals surface area contributed by atoms with Gasteiger partial charge in [0.25, 0.3) is 11.1 Å². The van der Waals surface area contributed by atoms with Crippen LogP contribution in [0, 0.1) is 0 Å². The second-order valence-corrected chi connectivity index (χ2v) is 5.60. The molecule has 0 aliphatic carbocycles. The van der Waals surface area contributed by atoms with E-state index in [9.17, 15) is 9.59 Å². The van der Waals surface area contributed by atoms with Gasteiger partial charge in [0.05, 0.1) is 25.7 Å². The number of nitrogens with one attached hydrogen (secondary N) is 1. The molecule has 3 aromatic rings. The molecular formula is C15H13N3O6S. The van der Waals surface area contributed by atoms with Gasteiger partial charge in [-0.15, -0.1) is 10.2 Å². The lowest BCUT2D eigenvalue weighted by atomic mass is 10.4. The first-order valence-corrected chi connectivity index (χ1v) is 8.08. The van der Waals surface area contributed by atoms with E-state index >= 15 is 0 Å². The Kier molecular flexibility index (Phi) is 5.19. The molecule has 130 valence electrons. The lowest BCUT2D eigenvalue weighted by Crippen LogP contribution is -2.24. The number of carbonyl (C=O) groups excluding carboxylic acids is 2. The van der Waals surface area contributed by atoms with Gasteiger partial charge in [-0.25, -0.2) is 4.79 Å². The van der Waals surface area contributed by atoms with Gasteiger partial charge in [0.1, 0.15) is 5.76 Å². The van der Waals surface area contributed by atoms with Crippen molar-refractivity contribution in [1.82, 2.24) is 15.5 Å². The number of carbonyl (C=O) groups is 2. The summed E-state index contributed by atoms with van der Waals surface area (Å²) in [4.78, 5) is 23.1. The largest absolute Gasteiger partial charge is 0.463 e. The summed E-state index contributed by atoms with van der Waals surface area (Å²) in [5.74, 6) is 0.497. The second-order valence-electron chi connectivity index (χ2n) is 4.67. The van der Waals surface area contributed by atoms with Gasteiger partial charge in [0.2, 0.25) is 11.7 Å². The zero-order chi connectivity index (χ0) is 17.6. The topological polar surface area (TPSA) is 121 Å². The Morgan fingerprint density at radius 3 is 2.88 bits per heavy atom. The molecule has 1 N–H and O–H groups in total. The second kappa shape index (κ2) is 7.71. The van der Waals surface area contributed by atoms with Crippen LogP contribution in [-0.2, 0) is 16.1 Å². The third-order valence-electron chi connectivity index (χ3n) is 2.97. The normalized spacial score (nSPS) is 10.6. The number of esters is 1. The van der Waals surface area contributed by atoms with E-state index in [1.54, 1.807) is 18.2 Å². The van der Waals surface area contributed by atoms with Crippen LogP contribution in [0.4, 0.5) is 0 Å². The molecule has 3 aromatic heterocycles. The van der Waals surface area contributed by atoms with Gasteiger partial charge < -0.3 is 23.3 Å². The molecule has 0 unspecified atom stereocenters. The molecule has 9 nitrogen and oxygen atoms in total. The summed E-state index contributed by atoms with van der Waals surface area (Å²) < 4.78 is 20.3. The molecule has 0 aliphatic rings. The first-order chi connectivity index (χ1) is 12.2. The van der Waals surface area contributed by atoms with E-state index in [0.29, 0.717) is 11.5 Å². The van der Waals surface area contributed by atoms with E-state index in [1.165, 1.54) is 19.4 Å². The van der Waals surface area contributed by atoms with Crippen molar-refractivity contribution in [3.8, 4) is 11.7 Å². The maximum atomic E-state index is 11.8. The van der Waals surface area contributed by atoms with Crippen LogP contribution in [0.1, 0.15) is 16.3 Å². The maximum absolute atomic E-state index is 11.8. The monoisotopic (exact) mass is 363 g/mol. The van der Waals surface area contributed by atoms with Crippen molar-refractivity contribution >= 4 is 23.6 Å². The van der Waals surface area contributed by atoms with Crippen molar-refractivity contribution in [1.29, 1.82) is 0 Å². The first kappa shape index (κ1) is 16.8. The molecule has 0 aromatic carbocycles. The smallest absolute Gasteiger partial charge is 0.373 e. The number of nitrogens with zero attached hydrogens (tertiary/aromatic N) is 2. The molecule has 0 bridgehead atoms. The molecule has 10 heteroatoms. The fourth-order valence-corrected chi connectivity index (χ4v) is 2.41. The Labute approximate surface area is 145 Å². The molecule has 1 amide bonds. The summed E-state index contributed by atoms with van der Waals surface area (Å²) in [5.41, 5.74) is 0. The van der Waals surface area contributed by atoms with Crippen LogP contribution < -0.4 is 5.32 Å². The molecular weight excluding hydrogens is 350 g/mol. The number of aromatic nitrogens is 2. The van der Waals surface area contributed by atoms with Crippen LogP contribution in [-0.4, -0.2) is 34.9 Å². The third-order valence-corrected chi connectivity index (χ3v) is 3.79. The van der Waals surface area contributed by atoms with E-state index in [-0.39, 0.29) is 35.1 Å². The minimum atomic E-state index is -0.572. The zero-order valence-corrected chi connectivity index (χ0v) is 13.9. The van der Waals surface area contributed by atoms with Gasteiger partial charge in [-0.2, -0.15) is 0 Å².